The zero-order chi connectivity index (χ0) is 13.6. The predicted octanol–water partition coefficient (Wildman–Crippen LogP) is 2.32. The molecule has 0 spiro atoms. The van der Waals surface area contributed by atoms with Crippen molar-refractivity contribution in [2.24, 2.45) is 5.73 Å². The molecule has 2 aliphatic rings. The lowest BCUT2D eigenvalue weighted by Gasteiger charge is -2.22. The van der Waals surface area contributed by atoms with Crippen LogP contribution in [0.15, 0.2) is 6.07 Å². The molecule has 2 unspecified atom stereocenters. The summed E-state index contributed by atoms with van der Waals surface area (Å²) in [6, 6.07) is 1.73. The first-order chi connectivity index (χ1) is 9.08. The molecule has 0 bridgehead atoms. The number of benzene rings is 1. The minimum atomic E-state index is -0.227. The van der Waals surface area contributed by atoms with Gasteiger partial charge < -0.3 is 15.8 Å². The summed E-state index contributed by atoms with van der Waals surface area (Å²) < 4.78 is 5.64. The van der Waals surface area contributed by atoms with Crippen LogP contribution in [0.4, 0.5) is 5.69 Å². The summed E-state index contributed by atoms with van der Waals surface area (Å²) in [6.45, 7) is 2.68. The zero-order valence-corrected chi connectivity index (χ0v) is 11.6. The Hall–Kier alpha value is -1.10. The van der Waals surface area contributed by atoms with Crippen molar-refractivity contribution in [3.8, 4) is 0 Å². The largest absolute Gasteiger partial charge is 0.376 e. The number of hydrogen-bond acceptors (Lipinski definition) is 3. The number of halogens is 1. The van der Waals surface area contributed by atoms with Gasteiger partial charge in [-0.3, -0.25) is 4.79 Å². The number of ether oxygens (including phenoxy) is 1. The van der Waals surface area contributed by atoms with Crippen molar-refractivity contribution < 1.29 is 9.53 Å². The summed E-state index contributed by atoms with van der Waals surface area (Å²) in [5, 5.41) is 3.49. The second kappa shape index (κ2) is 4.78. The molecule has 3 rings (SSSR count). The molecule has 0 radical (unpaired) electrons. The molecule has 4 nitrogen and oxygen atoms in total. The molecule has 3 N–H and O–H groups in total. The Morgan fingerprint density at radius 1 is 1.58 bits per heavy atom. The maximum absolute atomic E-state index is 11.5. The zero-order valence-electron chi connectivity index (χ0n) is 10.8. The quantitative estimate of drug-likeness (QED) is 0.874. The summed E-state index contributed by atoms with van der Waals surface area (Å²) in [6.07, 6.45) is 2.43. The van der Waals surface area contributed by atoms with Crippen molar-refractivity contribution in [3.63, 3.8) is 0 Å². The summed E-state index contributed by atoms with van der Waals surface area (Å²) in [7, 11) is 0. The second-order valence-corrected chi connectivity index (χ2v) is 5.62. The molecular formula is C14H17ClN2O2. The van der Waals surface area contributed by atoms with Crippen molar-refractivity contribution in [1.82, 2.24) is 0 Å². The van der Waals surface area contributed by atoms with Gasteiger partial charge >= 0.3 is 0 Å². The number of nitrogens with two attached hydrogens (primary N) is 1. The Labute approximate surface area is 117 Å². The fourth-order valence-corrected chi connectivity index (χ4v) is 3.16. The lowest BCUT2D eigenvalue weighted by Crippen LogP contribution is -2.26. The van der Waals surface area contributed by atoms with Gasteiger partial charge in [-0.2, -0.15) is 0 Å². The van der Waals surface area contributed by atoms with Gasteiger partial charge in [0.2, 0.25) is 5.91 Å². The average molecular weight is 281 g/mol. The number of carbonyl (C=O) groups is 1. The van der Waals surface area contributed by atoms with Crippen LogP contribution in [-0.4, -0.2) is 18.6 Å². The highest BCUT2D eigenvalue weighted by atomic mass is 35.5. The number of nitrogens with one attached hydrogen (secondary N) is 1. The maximum Gasteiger partial charge on any atom is 0.228 e. The highest BCUT2D eigenvalue weighted by molar-refractivity contribution is 6.33. The number of rotatable bonds is 2. The Morgan fingerprint density at radius 2 is 2.37 bits per heavy atom. The molecule has 1 aromatic rings. The van der Waals surface area contributed by atoms with Crippen LogP contribution in [0.1, 0.15) is 35.6 Å². The van der Waals surface area contributed by atoms with E-state index < -0.39 is 0 Å². The van der Waals surface area contributed by atoms with Gasteiger partial charge in [0.25, 0.3) is 0 Å². The second-order valence-electron chi connectivity index (χ2n) is 5.24. The standard InChI is InChI=1S/C14H17ClN2O2/c1-7-12(15)9(13(16)10-3-2-4-19-10)5-8-6-11(18)17-14(7)8/h5,10,13H,2-4,6,16H2,1H3,(H,17,18). The molecular weight excluding hydrogens is 264 g/mol. The Morgan fingerprint density at radius 3 is 3.05 bits per heavy atom. The van der Waals surface area contributed by atoms with E-state index in [0.717, 1.165) is 41.8 Å². The normalized spacial score (nSPS) is 23.3. The minimum Gasteiger partial charge on any atom is -0.376 e. The van der Waals surface area contributed by atoms with Gasteiger partial charge in [0, 0.05) is 12.3 Å². The maximum atomic E-state index is 11.5. The fourth-order valence-electron chi connectivity index (χ4n) is 2.89. The third kappa shape index (κ3) is 2.14. The van der Waals surface area contributed by atoms with E-state index in [9.17, 15) is 4.79 Å². The van der Waals surface area contributed by atoms with Crippen molar-refractivity contribution in [2.45, 2.75) is 38.3 Å². The number of fused-ring (bicyclic) bond motifs is 1. The van der Waals surface area contributed by atoms with E-state index in [0.29, 0.717) is 11.4 Å². The average Bonchev–Trinajstić information content (AvgIpc) is 3.01. The van der Waals surface area contributed by atoms with E-state index in [1.807, 2.05) is 13.0 Å². The topological polar surface area (TPSA) is 64.3 Å². The van der Waals surface area contributed by atoms with E-state index >= 15 is 0 Å². The van der Waals surface area contributed by atoms with Gasteiger partial charge in [-0.15, -0.1) is 0 Å². The molecule has 0 aromatic heterocycles. The third-order valence-corrected chi connectivity index (χ3v) is 4.45. The van der Waals surface area contributed by atoms with E-state index in [2.05, 4.69) is 5.32 Å². The molecule has 5 heteroatoms. The molecule has 2 heterocycles. The molecule has 2 atom stereocenters. The Balaban J connectivity index is 2.00. The highest BCUT2D eigenvalue weighted by Gasteiger charge is 2.29. The lowest BCUT2D eigenvalue weighted by atomic mass is 9.95. The van der Waals surface area contributed by atoms with Crippen molar-refractivity contribution in [3.05, 3.63) is 27.8 Å². The minimum absolute atomic E-state index is 0.0111. The molecule has 2 aliphatic heterocycles. The molecule has 1 amide bonds. The predicted molar refractivity (Wildman–Crippen MR) is 74.4 cm³/mol. The number of amides is 1. The van der Waals surface area contributed by atoms with Gasteiger partial charge in [-0.05, 0) is 36.5 Å². The summed E-state index contributed by atoms with van der Waals surface area (Å²) in [5.41, 5.74) is 9.90. The van der Waals surface area contributed by atoms with Gasteiger partial charge in [0.15, 0.2) is 0 Å². The number of carbonyl (C=O) groups excluding carboxylic acids is 1. The van der Waals surface area contributed by atoms with Crippen LogP contribution in [0.25, 0.3) is 0 Å². The van der Waals surface area contributed by atoms with Crippen LogP contribution < -0.4 is 11.1 Å². The lowest BCUT2D eigenvalue weighted by molar-refractivity contribution is -0.115. The Bertz CT molecular complexity index is 539. The monoisotopic (exact) mass is 280 g/mol. The van der Waals surface area contributed by atoms with Crippen LogP contribution in [0.3, 0.4) is 0 Å². The Kier molecular flexibility index (Phi) is 3.25. The van der Waals surface area contributed by atoms with Crippen molar-refractivity contribution >= 4 is 23.2 Å². The van der Waals surface area contributed by atoms with Crippen LogP contribution in [0.5, 0.6) is 0 Å². The number of anilines is 1. The van der Waals surface area contributed by atoms with Crippen LogP contribution in [0.2, 0.25) is 5.02 Å². The third-order valence-electron chi connectivity index (χ3n) is 3.95. The van der Waals surface area contributed by atoms with E-state index in [4.69, 9.17) is 22.1 Å². The highest BCUT2D eigenvalue weighted by Crippen LogP contribution is 2.38. The molecule has 1 aromatic carbocycles. The van der Waals surface area contributed by atoms with Crippen molar-refractivity contribution in [1.29, 1.82) is 0 Å². The summed E-state index contributed by atoms with van der Waals surface area (Å²) >= 11 is 6.41. The SMILES string of the molecule is Cc1c(Cl)c(C(N)C2CCCO2)cc2c1NC(=O)C2. The molecule has 19 heavy (non-hydrogen) atoms. The van der Waals surface area contributed by atoms with E-state index in [-0.39, 0.29) is 18.1 Å². The van der Waals surface area contributed by atoms with Gasteiger partial charge in [0.1, 0.15) is 0 Å². The number of hydrogen-bond donors (Lipinski definition) is 2. The van der Waals surface area contributed by atoms with Crippen molar-refractivity contribution in [2.75, 3.05) is 11.9 Å². The molecule has 102 valence electrons. The van der Waals surface area contributed by atoms with E-state index in [1.54, 1.807) is 0 Å². The first kappa shape index (κ1) is 12.9. The summed E-state index contributed by atoms with van der Waals surface area (Å²) in [4.78, 5) is 11.5. The molecule has 1 fully saturated rings. The van der Waals surface area contributed by atoms with Gasteiger partial charge in [-0.1, -0.05) is 17.7 Å². The first-order valence-electron chi connectivity index (χ1n) is 6.57. The molecule has 1 saturated heterocycles. The van der Waals surface area contributed by atoms with Crippen LogP contribution >= 0.6 is 11.6 Å². The van der Waals surface area contributed by atoms with E-state index in [1.165, 1.54) is 0 Å². The summed E-state index contributed by atoms with van der Waals surface area (Å²) in [5.74, 6) is 0.0111. The van der Waals surface area contributed by atoms with Crippen LogP contribution in [-0.2, 0) is 16.0 Å². The molecule has 0 saturated carbocycles. The first-order valence-corrected chi connectivity index (χ1v) is 6.94. The fraction of sp³-hybridized carbons (Fsp3) is 0.500. The smallest absolute Gasteiger partial charge is 0.228 e. The molecule has 0 aliphatic carbocycles. The van der Waals surface area contributed by atoms with Gasteiger partial charge in [-0.25, -0.2) is 0 Å². The van der Waals surface area contributed by atoms with Gasteiger partial charge in [0.05, 0.1) is 23.6 Å². The van der Waals surface area contributed by atoms with Crippen LogP contribution in [0, 0.1) is 6.92 Å².